The Bertz CT molecular complexity index is 389. The summed E-state index contributed by atoms with van der Waals surface area (Å²) in [5.74, 6) is -2.76. The van der Waals surface area contributed by atoms with Crippen molar-refractivity contribution in [1.29, 1.82) is 0 Å². The predicted octanol–water partition coefficient (Wildman–Crippen LogP) is 3.35. The van der Waals surface area contributed by atoms with E-state index in [1.165, 1.54) is 12.1 Å². The molecule has 0 atom stereocenters. The number of halogens is 2. The molecule has 2 nitrogen and oxygen atoms in total. The molecule has 1 aromatic rings. The topological polar surface area (TPSA) is 26.3 Å². The molecule has 1 aromatic carbocycles. The third kappa shape index (κ3) is 2.56. The molecule has 1 rings (SSSR count). The fourth-order valence-electron chi connectivity index (χ4n) is 1.38. The molecule has 0 aliphatic heterocycles. The lowest BCUT2D eigenvalue weighted by molar-refractivity contribution is 0.0976. The van der Waals surface area contributed by atoms with Gasteiger partial charge in [0.15, 0.2) is 17.3 Å². The third-order valence-corrected chi connectivity index (χ3v) is 2.12. The van der Waals surface area contributed by atoms with Crippen LogP contribution in [0.1, 0.15) is 37.0 Å². The van der Waals surface area contributed by atoms with Crippen molar-refractivity contribution in [3.63, 3.8) is 0 Å². The lowest BCUT2D eigenvalue weighted by Crippen LogP contribution is -2.06. The molecule has 16 heavy (non-hydrogen) atoms. The van der Waals surface area contributed by atoms with Gasteiger partial charge in [0, 0.05) is 6.42 Å². The van der Waals surface area contributed by atoms with Crippen LogP contribution in [0.4, 0.5) is 8.78 Å². The highest BCUT2D eigenvalue weighted by Crippen LogP contribution is 2.23. The van der Waals surface area contributed by atoms with Crippen molar-refractivity contribution >= 4 is 5.78 Å². The van der Waals surface area contributed by atoms with Crippen molar-refractivity contribution < 1.29 is 18.3 Å². The largest absolute Gasteiger partial charge is 0.491 e. The molecule has 0 saturated heterocycles. The second-order valence-electron chi connectivity index (χ2n) is 3.35. The maximum Gasteiger partial charge on any atom is 0.201 e. The van der Waals surface area contributed by atoms with Crippen LogP contribution in [0.2, 0.25) is 0 Å². The second-order valence-corrected chi connectivity index (χ2v) is 3.35. The van der Waals surface area contributed by atoms with Crippen LogP contribution in [0, 0.1) is 11.6 Å². The number of Topliss-reactive ketones (excluding diaryl/α,β-unsaturated/α-hetero) is 1. The van der Waals surface area contributed by atoms with E-state index in [0.29, 0.717) is 6.42 Å². The molecule has 0 bridgehead atoms. The van der Waals surface area contributed by atoms with Crippen LogP contribution in [-0.2, 0) is 0 Å². The van der Waals surface area contributed by atoms with Gasteiger partial charge in [-0.25, -0.2) is 4.39 Å². The van der Waals surface area contributed by atoms with Gasteiger partial charge >= 0.3 is 0 Å². The zero-order chi connectivity index (χ0) is 12.1. The fraction of sp³-hybridized carbons (Fsp3) is 0.417. The fourth-order valence-corrected chi connectivity index (χ4v) is 1.38. The van der Waals surface area contributed by atoms with Crippen molar-refractivity contribution in [3.8, 4) is 5.75 Å². The van der Waals surface area contributed by atoms with E-state index in [4.69, 9.17) is 4.74 Å². The van der Waals surface area contributed by atoms with Gasteiger partial charge in [-0.05, 0) is 25.5 Å². The first-order valence-electron chi connectivity index (χ1n) is 5.25. The van der Waals surface area contributed by atoms with Crippen LogP contribution >= 0.6 is 0 Å². The minimum atomic E-state index is -1.12. The van der Waals surface area contributed by atoms with E-state index in [-0.39, 0.29) is 30.1 Å². The quantitative estimate of drug-likeness (QED) is 0.722. The Morgan fingerprint density at radius 3 is 2.50 bits per heavy atom. The Hall–Kier alpha value is -1.45. The van der Waals surface area contributed by atoms with Crippen LogP contribution in [0.25, 0.3) is 0 Å². The van der Waals surface area contributed by atoms with E-state index in [1.54, 1.807) is 13.8 Å². The zero-order valence-electron chi connectivity index (χ0n) is 9.35. The first kappa shape index (κ1) is 12.6. The normalized spacial score (nSPS) is 10.2. The van der Waals surface area contributed by atoms with E-state index < -0.39 is 11.6 Å². The molecule has 0 aliphatic carbocycles. The second kappa shape index (κ2) is 5.58. The summed E-state index contributed by atoms with van der Waals surface area (Å²) in [6, 6.07) is 2.55. The maximum atomic E-state index is 13.5. The average molecular weight is 228 g/mol. The number of ketones is 1. The Morgan fingerprint density at radius 1 is 1.25 bits per heavy atom. The molecule has 0 N–H and O–H groups in total. The van der Waals surface area contributed by atoms with Crippen molar-refractivity contribution in [2.24, 2.45) is 0 Å². The number of carbonyl (C=O) groups is 1. The number of hydrogen-bond acceptors (Lipinski definition) is 2. The minimum Gasteiger partial charge on any atom is -0.491 e. The SMILES string of the molecule is CCCC(=O)c1ccc(OCC)c(F)c1F. The first-order chi connectivity index (χ1) is 7.61. The lowest BCUT2D eigenvalue weighted by atomic mass is 10.1. The van der Waals surface area contributed by atoms with Gasteiger partial charge < -0.3 is 4.74 Å². The highest BCUT2D eigenvalue weighted by molar-refractivity contribution is 5.96. The summed E-state index contributed by atoms with van der Waals surface area (Å²) < 4.78 is 31.8. The van der Waals surface area contributed by atoms with Crippen LogP contribution in [0.3, 0.4) is 0 Å². The summed E-state index contributed by atoms with van der Waals surface area (Å²) >= 11 is 0. The van der Waals surface area contributed by atoms with Gasteiger partial charge in [-0.1, -0.05) is 6.92 Å². The predicted molar refractivity (Wildman–Crippen MR) is 56.8 cm³/mol. The maximum absolute atomic E-state index is 13.5. The first-order valence-corrected chi connectivity index (χ1v) is 5.25. The molecule has 4 heteroatoms. The van der Waals surface area contributed by atoms with Crippen molar-refractivity contribution in [2.75, 3.05) is 6.61 Å². The van der Waals surface area contributed by atoms with Gasteiger partial charge in [0.25, 0.3) is 0 Å². The molecule has 0 amide bonds. The molecule has 0 aliphatic rings. The molecule has 0 saturated carbocycles. The van der Waals surface area contributed by atoms with Gasteiger partial charge in [-0.2, -0.15) is 4.39 Å². The molecule has 88 valence electrons. The number of hydrogen-bond donors (Lipinski definition) is 0. The number of ether oxygens (including phenoxy) is 1. The highest BCUT2D eigenvalue weighted by atomic mass is 19.2. The van der Waals surface area contributed by atoms with Crippen molar-refractivity contribution in [2.45, 2.75) is 26.7 Å². The Kier molecular flexibility index (Phi) is 4.40. The van der Waals surface area contributed by atoms with Gasteiger partial charge in [-0.3, -0.25) is 4.79 Å². The molecule has 0 aromatic heterocycles. The van der Waals surface area contributed by atoms with Crippen LogP contribution in [-0.4, -0.2) is 12.4 Å². The molecule has 0 fully saturated rings. The summed E-state index contributed by atoms with van der Waals surface area (Å²) in [5.41, 5.74) is -0.206. The molecule has 0 unspecified atom stereocenters. The Balaban J connectivity index is 3.06. The summed E-state index contributed by atoms with van der Waals surface area (Å²) in [6.07, 6.45) is 0.817. The zero-order valence-corrected chi connectivity index (χ0v) is 9.35. The molecular weight excluding hydrogens is 214 g/mol. The summed E-state index contributed by atoms with van der Waals surface area (Å²) in [5, 5.41) is 0. The third-order valence-electron chi connectivity index (χ3n) is 2.12. The monoisotopic (exact) mass is 228 g/mol. The summed E-state index contributed by atoms with van der Waals surface area (Å²) in [6.45, 7) is 3.73. The van der Waals surface area contributed by atoms with Gasteiger partial charge in [-0.15, -0.1) is 0 Å². The van der Waals surface area contributed by atoms with Crippen molar-refractivity contribution in [3.05, 3.63) is 29.3 Å². The summed E-state index contributed by atoms with van der Waals surface area (Å²) in [7, 11) is 0. The van der Waals surface area contributed by atoms with Gasteiger partial charge in [0.05, 0.1) is 12.2 Å². The number of rotatable bonds is 5. The van der Waals surface area contributed by atoms with Crippen molar-refractivity contribution in [1.82, 2.24) is 0 Å². The minimum absolute atomic E-state index is 0.159. The molecule has 0 radical (unpaired) electrons. The number of benzene rings is 1. The van der Waals surface area contributed by atoms with E-state index in [0.717, 1.165) is 0 Å². The molecule has 0 spiro atoms. The molecular formula is C12H14F2O2. The van der Waals surface area contributed by atoms with E-state index >= 15 is 0 Å². The van der Waals surface area contributed by atoms with Crippen LogP contribution in [0.15, 0.2) is 12.1 Å². The highest BCUT2D eigenvalue weighted by Gasteiger charge is 2.18. The van der Waals surface area contributed by atoms with Crippen LogP contribution in [0.5, 0.6) is 5.75 Å². The summed E-state index contributed by atoms with van der Waals surface area (Å²) in [4.78, 5) is 11.4. The average Bonchev–Trinajstić information content (AvgIpc) is 2.25. The standard InChI is InChI=1S/C12H14F2O2/c1-3-5-9(15)8-6-7-10(16-4-2)12(14)11(8)13/h6-7H,3-5H2,1-2H3. The number of carbonyl (C=O) groups excluding carboxylic acids is 1. The van der Waals surface area contributed by atoms with E-state index in [1.807, 2.05) is 0 Å². The van der Waals surface area contributed by atoms with Gasteiger partial charge in [0.1, 0.15) is 0 Å². The van der Waals surface area contributed by atoms with Crippen LogP contribution < -0.4 is 4.74 Å². The lowest BCUT2D eigenvalue weighted by Gasteiger charge is -2.07. The Morgan fingerprint density at radius 2 is 1.94 bits per heavy atom. The van der Waals surface area contributed by atoms with E-state index in [2.05, 4.69) is 0 Å². The Labute approximate surface area is 93.2 Å². The van der Waals surface area contributed by atoms with E-state index in [9.17, 15) is 13.6 Å². The van der Waals surface area contributed by atoms with Gasteiger partial charge in [0.2, 0.25) is 5.82 Å². The smallest absolute Gasteiger partial charge is 0.201 e. The molecule has 0 heterocycles.